The predicted molar refractivity (Wildman–Crippen MR) is 78.3 cm³/mol. The molecule has 0 spiro atoms. The monoisotopic (exact) mass is 309 g/mol. The molecule has 112 valence electrons. The SMILES string of the molecule is CNC(=O)c1ccccc1NS(=O)(=O)c1cn(C)nc1N. The maximum atomic E-state index is 12.3. The van der Waals surface area contributed by atoms with Gasteiger partial charge in [0, 0.05) is 20.3 Å². The number of hydrogen-bond donors (Lipinski definition) is 3. The van der Waals surface area contributed by atoms with Gasteiger partial charge < -0.3 is 11.1 Å². The first-order chi connectivity index (χ1) is 9.85. The van der Waals surface area contributed by atoms with E-state index < -0.39 is 15.9 Å². The highest BCUT2D eigenvalue weighted by molar-refractivity contribution is 7.92. The number of aromatic nitrogens is 2. The van der Waals surface area contributed by atoms with Crippen LogP contribution in [0.4, 0.5) is 11.5 Å². The van der Waals surface area contributed by atoms with Crippen LogP contribution in [0.15, 0.2) is 35.4 Å². The molecule has 4 N–H and O–H groups in total. The van der Waals surface area contributed by atoms with Gasteiger partial charge in [0.2, 0.25) is 0 Å². The number of carbonyl (C=O) groups excluding carboxylic acids is 1. The van der Waals surface area contributed by atoms with Gasteiger partial charge in [-0.3, -0.25) is 14.2 Å². The van der Waals surface area contributed by atoms with Crippen molar-refractivity contribution in [3.05, 3.63) is 36.0 Å². The molecule has 0 atom stereocenters. The maximum absolute atomic E-state index is 12.3. The van der Waals surface area contributed by atoms with Gasteiger partial charge in [0.1, 0.15) is 4.90 Å². The average molecular weight is 309 g/mol. The van der Waals surface area contributed by atoms with Crippen molar-refractivity contribution < 1.29 is 13.2 Å². The van der Waals surface area contributed by atoms with Crippen LogP contribution < -0.4 is 15.8 Å². The lowest BCUT2D eigenvalue weighted by molar-refractivity contribution is 0.0964. The Morgan fingerprint density at radius 1 is 1.33 bits per heavy atom. The van der Waals surface area contributed by atoms with E-state index in [0.29, 0.717) is 0 Å². The summed E-state index contributed by atoms with van der Waals surface area (Å²) < 4.78 is 28.3. The van der Waals surface area contributed by atoms with Crippen LogP contribution in [0, 0.1) is 0 Å². The van der Waals surface area contributed by atoms with Crippen molar-refractivity contribution in [1.82, 2.24) is 15.1 Å². The van der Waals surface area contributed by atoms with Gasteiger partial charge in [-0.2, -0.15) is 5.10 Å². The number of nitrogen functional groups attached to an aromatic ring is 1. The lowest BCUT2D eigenvalue weighted by atomic mass is 10.2. The molecular formula is C12H15N5O3S. The zero-order valence-corrected chi connectivity index (χ0v) is 12.3. The van der Waals surface area contributed by atoms with E-state index in [4.69, 9.17) is 5.73 Å². The topological polar surface area (TPSA) is 119 Å². The van der Waals surface area contributed by atoms with Gasteiger partial charge in [0.15, 0.2) is 5.82 Å². The second kappa shape index (κ2) is 5.44. The summed E-state index contributed by atoms with van der Waals surface area (Å²) in [5.41, 5.74) is 5.96. The van der Waals surface area contributed by atoms with Gasteiger partial charge in [0.25, 0.3) is 15.9 Å². The minimum Gasteiger partial charge on any atom is -0.381 e. The molecule has 9 heteroatoms. The Balaban J connectivity index is 2.42. The summed E-state index contributed by atoms with van der Waals surface area (Å²) in [4.78, 5) is 11.6. The first kappa shape index (κ1) is 14.9. The Bertz CT molecular complexity index is 782. The van der Waals surface area contributed by atoms with Crippen LogP contribution in [-0.4, -0.2) is 31.2 Å². The van der Waals surface area contributed by atoms with Crippen molar-refractivity contribution in [2.75, 3.05) is 17.5 Å². The summed E-state index contributed by atoms with van der Waals surface area (Å²) >= 11 is 0. The quantitative estimate of drug-likeness (QED) is 0.743. The number of hydrogen-bond acceptors (Lipinski definition) is 5. The summed E-state index contributed by atoms with van der Waals surface area (Å²) in [6.45, 7) is 0. The molecule has 2 aromatic rings. The molecule has 0 bridgehead atoms. The summed E-state index contributed by atoms with van der Waals surface area (Å²) in [6.07, 6.45) is 1.29. The van der Waals surface area contributed by atoms with Crippen molar-refractivity contribution in [1.29, 1.82) is 0 Å². The van der Waals surface area contributed by atoms with Gasteiger partial charge in [0.05, 0.1) is 11.3 Å². The van der Waals surface area contributed by atoms with Gasteiger partial charge in [-0.05, 0) is 12.1 Å². The number of benzene rings is 1. The number of para-hydroxylation sites is 1. The normalized spacial score (nSPS) is 11.1. The van der Waals surface area contributed by atoms with Gasteiger partial charge in [-0.25, -0.2) is 8.42 Å². The molecule has 0 saturated heterocycles. The zero-order chi connectivity index (χ0) is 15.6. The van der Waals surface area contributed by atoms with Crippen LogP contribution in [-0.2, 0) is 17.1 Å². The lowest BCUT2D eigenvalue weighted by Crippen LogP contribution is -2.21. The molecule has 1 aromatic carbocycles. The number of carbonyl (C=O) groups is 1. The van der Waals surface area contributed by atoms with Crippen LogP contribution in [0.3, 0.4) is 0 Å². The van der Waals surface area contributed by atoms with Crippen molar-refractivity contribution in [2.45, 2.75) is 4.90 Å². The highest BCUT2D eigenvalue weighted by Gasteiger charge is 2.22. The third-order valence-corrected chi connectivity index (χ3v) is 4.14. The predicted octanol–water partition coefficient (Wildman–Crippen LogP) is 0.163. The fourth-order valence-electron chi connectivity index (χ4n) is 1.80. The highest BCUT2D eigenvalue weighted by Crippen LogP contribution is 2.22. The number of aryl methyl sites for hydroxylation is 1. The molecule has 1 amide bonds. The van der Waals surface area contributed by atoms with E-state index in [1.54, 1.807) is 19.2 Å². The van der Waals surface area contributed by atoms with E-state index in [1.807, 2.05) is 0 Å². The van der Waals surface area contributed by atoms with E-state index in [2.05, 4.69) is 15.1 Å². The summed E-state index contributed by atoms with van der Waals surface area (Å²) in [7, 11) is -0.897. The molecule has 2 rings (SSSR count). The smallest absolute Gasteiger partial charge is 0.267 e. The highest BCUT2D eigenvalue weighted by atomic mass is 32.2. The first-order valence-corrected chi connectivity index (χ1v) is 7.46. The number of nitrogens with one attached hydrogen (secondary N) is 2. The molecule has 8 nitrogen and oxygen atoms in total. The van der Waals surface area contributed by atoms with E-state index >= 15 is 0 Å². The Labute approximate surface area is 122 Å². The largest absolute Gasteiger partial charge is 0.381 e. The number of nitrogens with two attached hydrogens (primary N) is 1. The molecule has 0 aliphatic heterocycles. The number of nitrogens with zero attached hydrogens (tertiary/aromatic N) is 2. The number of anilines is 2. The van der Waals surface area contributed by atoms with E-state index in [9.17, 15) is 13.2 Å². The molecule has 0 unspecified atom stereocenters. The van der Waals surface area contributed by atoms with Gasteiger partial charge in [-0.15, -0.1) is 0 Å². The van der Waals surface area contributed by atoms with Crippen LogP contribution in [0.5, 0.6) is 0 Å². The van der Waals surface area contributed by atoms with E-state index in [-0.39, 0.29) is 22.0 Å². The van der Waals surface area contributed by atoms with Crippen LogP contribution in [0.25, 0.3) is 0 Å². The fourth-order valence-corrected chi connectivity index (χ4v) is 2.98. The average Bonchev–Trinajstić information content (AvgIpc) is 2.78. The second-order valence-electron chi connectivity index (χ2n) is 4.28. The maximum Gasteiger partial charge on any atom is 0.267 e. The standard InChI is InChI=1S/C12H15N5O3S/c1-14-12(18)8-5-3-4-6-9(8)16-21(19,20)10-7-17(2)15-11(10)13/h3-7,16H,1-2H3,(H2,13,15)(H,14,18). The minimum atomic E-state index is -3.93. The molecule has 0 aliphatic carbocycles. The molecule has 1 heterocycles. The molecule has 0 saturated carbocycles. The third kappa shape index (κ3) is 2.97. The zero-order valence-electron chi connectivity index (χ0n) is 11.5. The Hall–Kier alpha value is -2.55. The summed E-state index contributed by atoms with van der Waals surface area (Å²) in [5.74, 6) is -0.505. The summed E-state index contributed by atoms with van der Waals surface area (Å²) in [6, 6.07) is 6.27. The van der Waals surface area contributed by atoms with Crippen molar-refractivity contribution in [2.24, 2.45) is 7.05 Å². The summed E-state index contributed by atoms with van der Waals surface area (Å²) in [5, 5.41) is 6.24. The molecule has 0 radical (unpaired) electrons. The fraction of sp³-hybridized carbons (Fsp3) is 0.167. The van der Waals surface area contributed by atoms with Gasteiger partial charge >= 0.3 is 0 Å². The van der Waals surface area contributed by atoms with Gasteiger partial charge in [-0.1, -0.05) is 12.1 Å². The molecular weight excluding hydrogens is 294 g/mol. The van der Waals surface area contributed by atoms with Crippen molar-refractivity contribution in [3.63, 3.8) is 0 Å². The van der Waals surface area contributed by atoms with Crippen LogP contribution >= 0.6 is 0 Å². The van der Waals surface area contributed by atoms with E-state index in [1.165, 1.54) is 30.1 Å². The molecule has 21 heavy (non-hydrogen) atoms. The Kier molecular flexibility index (Phi) is 3.85. The Morgan fingerprint density at radius 2 is 2.00 bits per heavy atom. The second-order valence-corrected chi connectivity index (χ2v) is 5.93. The number of amides is 1. The molecule has 0 fully saturated rings. The third-order valence-electron chi connectivity index (χ3n) is 2.75. The molecule has 1 aromatic heterocycles. The van der Waals surface area contributed by atoms with Crippen LogP contribution in [0.1, 0.15) is 10.4 Å². The van der Waals surface area contributed by atoms with Crippen molar-refractivity contribution in [3.8, 4) is 0 Å². The number of rotatable bonds is 4. The first-order valence-electron chi connectivity index (χ1n) is 5.98. The Morgan fingerprint density at radius 3 is 2.57 bits per heavy atom. The number of sulfonamides is 1. The van der Waals surface area contributed by atoms with Crippen molar-refractivity contribution >= 4 is 27.4 Å². The molecule has 0 aliphatic rings. The lowest BCUT2D eigenvalue weighted by Gasteiger charge is -2.11. The van der Waals surface area contributed by atoms with Crippen LogP contribution in [0.2, 0.25) is 0 Å². The minimum absolute atomic E-state index is 0.109. The van der Waals surface area contributed by atoms with E-state index in [0.717, 1.165) is 0 Å².